The lowest BCUT2D eigenvalue weighted by molar-refractivity contribution is -0.130. The molecule has 1 rings (SSSR count). The van der Waals surface area contributed by atoms with Gasteiger partial charge in [0, 0.05) is 13.1 Å². The van der Waals surface area contributed by atoms with Crippen LogP contribution in [-0.2, 0) is 4.79 Å². The van der Waals surface area contributed by atoms with Crippen molar-refractivity contribution < 1.29 is 4.79 Å². The molecule has 0 aromatic carbocycles. The maximum Gasteiger partial charge on any atom is 0.236 e. The van der Waals surface area contributed by atoms with Crippen LogP contribution in [0.25, 0.3) is 0 Å². The topological polar surface area (TPSA) is 32.3 Å². The highest BCUT2D eigenvalue weighted by molar-refractivity contribution is 5.78. The second kappa shape index (κ2) is 6.02. The fraction of sp³-hybridized carbons (Fsp3) is 0.909. The molecule has 3 nitrogen and oxygen atoms in total. The van der Waals surface area contributed by atoms with Gasteiger partial charge < -0.3 is 10.2 Å². The summed E-state index contributed by atoms with van der Waals surface area (Å²) in [5.74, 6) is 1.05. The summed E-state index contributed by atoms with van der Waals surface area (Å²) < 4.78 is 0. The van der Waals surface area contributed by atoms with Gasteiger partial charge in [-0.3, -0.25) is 4.79 Å². The molecule has 14 heavy (non-hydrogen) atoms. The third-order valence-corrected chi connectivity index (χ3v) is 2.61. The maximum absolute atomic E-state index is 11.7. The van der Waals surface area contributed by atoms with Gasteiger partial charge >= 0.3 is 0 Å². The minimum Gasteiger partial charge on any atom is -0.342 e. The molecule has 1 aliphatic rings. The van der Waals surface area contributed by atoms with Crippen LogP contribution in [0.1, 0.15) is 33.1 Å². The van der Waals surface area contributed by atoms with Gasteiger partial charge in [-0.2, -0.15) is 0 Å². The molecule has 0 aromatic rings. The summed E-state index contributed by atoms with van der Waals surface area (Å²) in [4.78, 5) is 13.6. The van der Waals surface area contributed by atoms with Gasteiger partial charge in [0.1, 0.15) is 0 Å². The van der Waals surface area contributed by atoms with Crippen LogP contribution in [0.3, 0.4) is 0 Å². The van der Waals surface area contributed by atoms with Crippen molar-refractivity contribution in [1.29, 1.82) is 0 Å². The van der Waals surface area contributed by atoms with Gasteiger partial charge in [-0.15, -0.1) is 0 Å². The smallest absolute Gasteiger partial charge is 0.236 e. The van der Waals surface area contributed by atoms with E-state index in [1.54, 1.807) is 0 Å². The SMILES string of the molecule is CCCNCC(=O)N(CC)CC1CC1. The summed E-state index contributed by atoms with van der Waals surface area (Å²) in [5.41, 5.74) is 0. The number of rotatable bonds is 7. The summed E-state index contributed by atoms with van der Waals surface area (Å²) in [7, 11) is 0. The van der Waals surface area contributed by atoms with E-state index in [0.29, 0.717) is 6.54 Å². The molecule has 0 radical (unpaired) electrons. The first-order valence-electron chi connectivity index (χ1n) is 5.76. The Hall–Kier alpha value is -0.570. The van der Waals surface area contributed by atoms with Gasteiger partial charge in [-0.1, -0.05) is 6.92 Å². The zero-order valence-corrected chi connectivity index (χ0v) is 9.38. The van der Waals surface area contributed by atoms with Crippen LogP contribution in [0.5, 0.6) is 0 Å². The molecule has 0 aromatic heterocycles. The van der Waals surface area contributed by atoms with Gasteiger partial charge in [0.15, 0.2) is 0 Å². The van der Waals surface area contributed by atoms with Crippen LogP contribution >= 0.6 is 0 Å². The number of nitrogens with zero attached hydrogens (tertiary/aromatic N) is 1. The Labute approximate surface area is 86.9 Å². The molecule has 82 valence electrons. The van der Waals surface area contributed by atoms with Gasteiger partial charge in [0.25, 0.3) is 0 Å². The van der Waals surface area contributed by atoms with Gasteiger partial charge in [-0.25, -0.2) is 0 Å². The fourth-order valence-electron chi connectivity index (χ4n) is 1.50. The quantitative estimate of drug-likeness (QED) is 0.624. The summed E-state index contributed by atoms with van der Waals surface area (Å²) in [6, 6.07) is 0. The normalized spacial score (nSPS) is 15.6. The lowest BCUT2D eigenvalue weighted by Gasteiger charge is -2.20. The third kappa shape index (κ3) is 4.09. The molecule has 0 spiro atoms. The Balaban J connectivity index is 2.16. The molecule has 0 heterocycles. The number of hydrogen-bond acceptors (Lipinski definition) is 2. The van der Waals surface area contributed by atoms with Crippen LogP contribution in [-0.4, -0.2) is 37.0 Å². The highest BCUT2D eigenvalue weighted by Gasteiger charge is 2.25. The Morgan fingerprint density at radius 3 is 2.64 bits per heavy atom. The van der Waals surface area contributed by atoms with E-state index in [-0.39, 0.29) is 5.91 Å². The predicted molar refractivity (Wildman–Crippen MR) is 58.1 cm³/mol. The van der Waals surface area contributed by atoms with E-state index in [0.717, 1.165) is 32.0 Å². The van der Waals surface area contributed by atoms with Crippen molar-refractivity contribution in [3.63, 3.8) is 0 Å². The third-order valence-electron chi connectivity index (χ3n) is 2.61. The molecule has 1 amide bonds. The van der Waals surface area contributed by atoms with Gasteiger partial charge in [-0.05, 0) is 38.6 Å². The largest absolute Gasteiger partial charge is 0.342 e. The molecule has 0 bridgehead atoms. The molecule has 0 atom stereocenters. The van der Waals surface area contributed by atoms with Gasteiger partial charge in [0.2, 0.25) is 5.91 Å². The minimum absolute atomic E-state index is 0.257. The van der Waals surface area contributed by atoms with Crippen LogP contribution in [0, 0.1) is 5.92 Å². The number of nitrogens with one attached hydrogen (secondary N) is 1. The molecule has 1 fully saturated rings. The summed E-state index contributed by atoms with van der Waals surface area (Å²) in [5, 5.41) is 3.15. The Bertz CT molecular complexity index is 178. The molecule has 0 saturated heterocycles. The lowest BCUT2D eigenvalue weighted by atomic mass is 10.3. The molecule has 0 aliphatic heterocycles. The fourth-order valence-corrected chi connectivity index (χ4v) is 1.50. The zero-order valence-electron chi connectivity index (χ0n) is 9.38. The molecule has 1 aliphatic carbocycles. The molecule has 1 N–H and O–H groups in total. The van der Waals surface area contributed by atoms with E-state index in [1.165, 1.54) is 12.8 Å². The van der Waals surface area contributed by atoms with Crippen molar-refractivity contribution in [2.24, 2.45) is 5.92 Å². The van der Waals surface area contributed by atoms with Crippen LogP contribution in [0.2, 0.25) is 0 Å². The first kappa shape index (κ1) is 11.5. The zero-order chi connectivity index (χ0) is 10.4. The molecular weight excluding hydrogens is 176 g/mol. The van der Waals surface area contributed by atoms with Crippen molar-refractivity contribution >= 4 is 5.91 Å². The van der Waals surface area contributed by atoms with Crippen LogP contribution < -0.4 is 5.32 Å². The van der Waals surface area contributed by atoms with Crippen LogP contribution in [0.4, 0.5) is 0 Å². The second-order valence-electron chi connectivity index (χ2n) is 4.05. The molecular formula is C11H22N2O. The van der Waals surface area contributed by atoms with Crippen molar-refractivity contribution in [3.8, 4) is 0 Å². The minimum atomic E-state index is 0.257. The van der Waals surface area contributed by atoms with E-state index < -0.39 is 0 Å². The molecule has 1 saturated carbocycles. The number of amides is 1. The monoisotopic (exact) mass is 198 g/mol. The van der Waals surface area contributed by atoms with Crippen LogP contribution in [0.15, 0.2) is 0 Å². The van der Waals surface area contributed by atoms with E-state index in [4.69, 9.17) is 0 Å². The molecule has 3 heteroatoms. The average molecular weight is 198 g/mol. The number of likely N-dealkylation sites (N-methyl/N-ethyl adjacent to an activating group) is 1. The Morgan fingerprint density at radius 2 is 2.14 bits per heavy atom. The average Bonchev–Trinajstić information content (AvgIpc) is 2.98. The number of carbonyl (C=O) groups is 1. The van der Waals surface area contributed by atoms with E-state index >= 15 is 0 Å². The lowest BCUT2D eigenvalue weighted by Crippen LogP contribution is -2.39. The Morgan fingerprint density at radius 1 is 1.43 bits per heavy atom. The second-order valence-corrected chi connectivity index (χ2v) is 4.05. The van der Waals surface area contributed by atoms with E-state index in [9.17, 15) is 4.79 Å². The highest BCUT2D eigenvalue weighted by atomic mass is 16.2. The standard InChI is InChI=1S/C11H22N2O/c1-3-7-12-8-11(14)13(4-2)9-10-5-6-10/h10,12H,3-9H2,1-2H3. The maximum atomic E-state index is 11.7. The van der Waals surface area contributed by atoms with Crippen molar-refractivity contribution in [3.05, 3.63) is 0 Å². The number of carbonyl (C=O) groups excluding carboxylic acids is 1. The first-order valence-corrected chi connectivity index (χ1v) is 5.76. The number of hydrogen-bond donors (Lipinski definition) is 1. The molecule has 0 unspecified atom stereocenters. The van der Waals surface area contributed by atoms with Crippen molar-refractivity contribution in [2.75, 3.05) is 26.2 Å². The van der Waals surface area contributed by atoms with Crippen molar-refractivity contribution in [1.82, 2.24) is 10.2 Å². The van der Waals surface area contributed by atoms with Crippen molar-refractivity contribution in [2.45, 2.75) is 33.1 Å². The van der Waals surface area contributed by atoms with Gasteiger partial charge in [0.05, 0.1) is 6.54 Å². The van der Waals surface area contributed by atoms with E-state index in [1.807, 2.05) is 4.90 Å². The predicted octanol–water partition coefficient (Wildman–Crippen LogP) is 1.24. The first-order chi connectivity index (χ1) is 6.77. The highest BCUT2D eigenvalue weighted by Crippen LogP contribution is 2.29. The summed E-state index contributed by atoms with van der Waals surface area (Å²) in [6.07, 6.45) is 3.71. The van der Waals surface area contributed by atoms with E-state index in [2.05, 4.69) is 19.2 Å². The summed E-state index contributed by atoms with van der Waals surface area (Å²) in [6.45, 7) is 7.44. The summed E-state index contributed by atoms with van der Waals surface area (Å²) >= 11 is 0. The Kier molecular flexibility index (Phi) is 4.94.